The zero-order valence-corrected chi connectivity index (χ0v) is 14.6. The molecular formula is C20H21N3O3. The predicted molar refractivity (Wildman–Crippen MR) is 101 cm³/mol. The maximum Gasteiger partial charge on any atom is 0.265 e. The Bertz CT molecular complexity index is 932. The third kappa shape index (κ3) is 3.92. The van der Waals surface area contributed by atoms with Gasteiger partial charge in [-0.15, -0.1) is 0 Å². The number of aryl methyl sites for hydroxylation is 1. The number of benzene rings is 2. The zero-order valence-electron chi connectivity index (χ0n) is 14.6. The van der Waals surface area contributed by atoms with Gasteiger partial charge in [-0.05, 0) is 36.8 Å². The summed E-state index contributed by atoms with van der Waals surface area (Å²) in [5.41, 5.74) is 8.45. The number of carbonyl (C=O) groups is 2. The molecule has 3 aromatic rings. The highest BCUT2D eigenvalue weighted by Gasteiger charge is 2.13. The van der Waals surface area contributed by atoms with E-state index in [0.717, 1.165) is 16.5 Å². The number of primary amides is 1. The Hall–Kier alpha value is -3.12. The van der Waals surface area contributed by atoms with Gasteiger partial charge in [0.2, 0.25) is 5.91 Å². The largest absolute Gasteiger partial charge is 0.367 e. The second-order valence-corrected chi connectivity index (χ2v) is 5.94. The Labute approximate surface area is 151 Å². The van der Waals surface area contributed by atoms with Gasteiger partial charge in [0, 0.05) is 23.1 Å². The fourth-order valence-electron chi connectivity index (χ4n) is 2.93. The SMILES string of the molecule is CCn1c(C(N)=O)cc2cc(NC(=O)COCc3ccccc3)ccc21. The van der Waals surface area contributed by atoms with Crippen LogP contribution in [0, 0.1) is 0 Å². The van der Waals surface area contributed by atoms with E-state index >= 15 is 0 Å². The van der Waals surface area contributed by atoms with Gasteiger partial charge >= 0.3 is 0 Å². The minimum absolute atomic E-state index is 0.0323. The number of hydrogen-bond donors (Lipinski definition) is 2. The molecule has 0 aliphatic rings. The number of nitrogens with two attached hydrogens (primary N) is 1. The van der Waals surface area contributed by atoms with Crippen LogP contribution >= 0.6 is 0 Å². The number of rotatable bonds is 7. The van der Waals surface area contributed by atoms with Crippen molar-refractivity contribution in [1.82, 2.24) is 4.57 Å². The van der Waals surface area contributed by atoms with Crippen molar-refractivity contribution in [2.24, 2.45) is 5.73 Å². The summed E-state index contributed by atoms with van der Waals surface area (Å²) >= 11 is 0. The van der Waals surface area contributed by atoms with E-state index in [9.17, 15) is 9.59 Å². The number of nitrogens with one attached hydrogen (secondary N) is 1. The summed E-state index contributed by atoms with van der Waals surface area (Å²) in [6, 6.07) is 16.9. The van der Waals surface area contributed by atoms with Crippen molar-refractivity contribution in [3.05, 3.63) is 65.9 Å². The smallest absolute Gasteiger partial charge is 0.265 e. The first-order valence-corrected chi connectivity index (χ1v) is 8.43. The van der Waals surface area contributed by atoms with Crippen LogP contribution in [0.2, 0.25) is 0 Å². The lowest BCUT2D eigenvalue weighted by molar-refractivity contribution is -0.121. The molecule has 3 rings (SSSR count). The molecule has 0 aliphatic heterocycles. The van der Waals surface area contributed by atoms with E-state index in [2.05, 4.69) is 5.32 Å². The van der Waals surface area contributed by atoms with Gasteiger partial charge < -0.3 is 20.4 Å². The van der Waals surface area contributed by atoms with Crippen LogP contribution in [-0.2, 0) is 22.7 Å². The summed E-state index contributed by atoms with van der Waals surface area (Å²) in [7, 11) is 0. The van der Waals surface area contributed by atoms with Crippen molar-refractivity contribution in [3.63, 3.8) is 0 Å². The summed E-state index contributed by atoms with van der Waals surface area (Å²) < 4.78 is 7.29. The van der Waals surface area contributed by atoms with Crippen LogP contribution in [0.1, 0.15) is 23.0 Å². The highest BCUT2D eigenvalue weighted by atomic mass is 16.5. The molecule has 0 saturated heterocycles. The zero-order chi connectivity index (χ0) is 18.5. The number of nitrogens with zero attached hydrogens (tertiary/aromatic N) is 1. The molecule has 2 amide bonds. The third-order valence-corrected chi connectivity index (χ3v) is 4.10. The minimum Gasteiger partial charge on any atom is -0.367 e. The first kappa shape index (κ1) is 17.7. The van der Waals surface area contributed by atoms with Crippen LogP contribution in [0.3, 0.4) is 0 Å². The molecule has 1 aromatic heterocycles. The van der Waals surface area contributed by atoms with E-state index in [1.54, 1.807) is 12.1 Å². The van der Waals surface area contributed by atoms with E-state index in [1.807, 2.05) is 54.0 Å². The Morgan fingerprint density at radius 2 is 1.88 bits per heavy atom. The number of fused-ring (bicyclic) bond motifs is 1. The van der Waals surface area contributed by atoms with Gasteiger partial charge in [-0.3, -0.25) is 9.59 Å². The van der Waals surface area contributed by atoms with Gasteiger partial charge in [-0.1, -0.05) is 30.3 Å². The molecule has 6 nitrogen and oxygen atoms in total. The summed E-state index contributed by atoms with van der Waals surface area (Å²) in [6.07, 6.45) is 0. The predicted octanol–water partition coefficient (Wildman–Crippen LogP) is 2.92. The lowest BCUT2D eigenvalue weighted by atomic mass is 10.2. The Morgan fingerprint density at radius 1 is 1.12 bits per heavy atom. The van der Waals surface area contributed by atoms with Gasteiger partial charge in [-0.2, -0.15) is 0 Å². The second kappa shape index (κ2) is 7.84. The fraction of sp³-hybridized carbons (Fsp3) is 0.200. The van der Waals surface area contributed by atoms with E-state index in [0.29, 0.717) is 24.5 Å². The van der Waals surface area contributed by atoms with E-state index in [4.69, 9.17) is 10.5 Å². The van der Waals surface area contributed by atoms with Crippen LogP contribution in [0.4, 0.5) is 5.69 Å². The maximum absolute atomic E-state index is 12.1. The normalized spacial score (nSPS) is 10.8. The molecule has 0 spiro atoms. The third-order valence-electron chi connectivity index (χ3n) is 4.10. The molecule has 0 atom stereocenters. The number of ether oxygens (including phenoxy) is 1. The number of anilines is 1. The van der Waals surface area contributed by atoms with Crippen molar-refractivity contribution < 1.29 is 14.3 Å². The van der Waals surface area contributed by atoms with Crippen LogP contribution in [0.15, 0.2) is 54.6 Å². The lowest BCUT2D eigenvalue weighted by Gasteiger charge is -2.08. The Balaban J connectivity index is 1.65. The lowest BCUT2D eigenvalue weighted by Crippen LogP contribution is -2.18. The van der Waals surface area contributed by atoms with E-state index in [-0.39, 0.29) is 12.5 Å². The van der Waals surface area contributed by atoms with Crippen molar-refractivity contribution in [1.29, 1.82) is 0 Å². The maximum atomic E-state index is 12.1. The molecule has 1 heterocycles. The molecule has 6 heteroatoms. The van der Waals surface area contributed by atoms with E-state index in [1.165, 1.54) is 0 Å². The molecule has 0 unspecified atom stereocenters. The van der Waals surface area contributed by atoms with Crippen molar-refractivity contribution in [2.75, 3.05) is 11.9 Å². The minimum atomic E-state index is -0.469. The quantitative estimate of drug-likeness (QED) is 0.686. The molecule has 2 aromatic carbocycles. The summed E-state index contributed by atoms with van der Waals surface area (Å²) in [6.45, 7) is 2.94. The standard InChI is InChI=1S/C20H21N3O3/c1-2-23-17-9-8-16(10-15(17)11-18(23)20(21)25)22-19(24)13-26-12-14-6-4-3-5-7-14/h3-11H,2,12-13H2,1H3,(H2,21,25)(H,22,24). The fourth-order valence-corrected chi connectivity index (χ4v) is 2.93. The summed E-state index contributed by atoms with van der Waals surface area (Å²) in [4.78, 5) is 23.6. The van der Waals surface area contributed by atoms with Gasteiger partial charge in [0.05, 0.1) is 6.61 Å². The number of hydrogen-bond acceptors (Lipinski definition) is 3. The molecule has 0 fully saturated rings. The van der Waals surface area contributed by atoms with Crippen LogP contribution in [-0.4, -0.2) is 23.0 Å². The molecule has 0 radical (unpaired) electrons. The molecule has 26 heavy (non-hydrogen) atoms. The average molecular weight is 351 g/mol. The Kier molecular flexibility index (Phi) is 5.34. The summed E-state index contributed by atoms with van der Waals surface area (Å²) in [5.74, 6) is -0.701. The van der Waals surface area contributed by atoms with Crippen molar-refractivity contribution in [3.8, 4) is 0 Å². The van der Waals surface area contributed by atoms with Crippen molar-refractivity contribution in [2.45, 2.75) is 20.1 Å². The van der Waals surface area contributed by atoms with Gasteiger partial charge in [0.15, 0.2) is 0 Å². The molecule has 134 valence electrons. The second-order valence-electron chi connectivity index (χ2n) is 5.94. The van der Waals surface area contributed by atoms with Crippen LogP contribution in [0.5, 0.6) is 0 Å². The first-order chi connectivity index (χ1) is 12.6. The molecular weight excluding hydrogens is 330 g/mol. The molecule has 0 saturated carbocycles. The van der Waals surface area contributed by atoms with Gasteiger partial charge in [0.25, 0.3) is 5.91 Å². The van der Waals surface area contributed by atoms with Crippen LogP contribution in [0.25, 0.3) is 10.9 Å². The number of aromatic nitrogens is 1. The van der Waals surface area contributed by atoms with Crippen LogP contribution < -0.4 is 11.1 Å². The molecule has 3 N–H and O–H groups in total. The highest BCUT2D eigenvalue weighted by Crippen LogP contribution is 2.23. The van der Waals surface area contributed by atoms with Gasteiger partial charge in [0.1, 0.15) is 12.3 Å². The topological polar surface area (TPSA) is 86.4 Å². The molecule has 0 bridgehead atoms. The average Bonchev–Trinajstić information content (AvgIpc) is 3.00. The highest BCUT2D eigenvalue weighted by molar-refractivity contribution is 6.00. The summed E-state index contributed by atoms with van der Waals surface area (Å²) in [5, 5.41) is 3.66. The molecule has 0 aliphatic carbocycles. The number of amides is 2. The number of carbonyl (C=O) groups excluding carboxylic acids is 2. The Morgan fingerprint density at radius 3 is 2.58 bits per heavy atom. The monoisotopic (exact) mass is 351 g/mol. The first-order valence-electron chi connectivity index (χ1n) is 8.43. The van der Waals surface area contributed by atoms with E-state index < -0.39 is 5.91 Å². The van der Waals surface area contributed by atoms with Crippen molar-refractivity contribution >= 4 is 28.4 Å². The van der Waals surface area contributed by atoms with Gasteiger partial charge in [-0.25, -0.2) is 0 Å².